The van der Waals surface area contributed by atoms with Crippen molar-refractivity contribution in [3.8, 4) is 6.07 Å². The maximum absolute atomic E-state index is 13.3. The first-order valence-corrected chi connectivity index (χ1v) is 5.82. The lowest BCUT2D eigenvalue weighted by molar-refractivity contribution is -0.207. The quantitative estimate of drug-likeness (QED) is 0.745. The molecular weight excluding hydrogens is 257 g/mol. The Morgan fingerprint density at radius 3 is 2.63 bits per heavy atom. The molecule has 102 valence electrons. The van der Waals surface area contributed by atoms with Gasteiger partial charge in [-0.3, -0.25) is 4.84 Å². The summed E-state index contributed by atoms with van der Waals surface area (Å²) in [6.45, 7) is -2.57. The van der Waals surface area contributed by atoms with Crippen molar-refractivity contribution >= 4 is 0 Å². The SMILES string of the molecule is N#CC1CN1OC(CF)(CF)c1cccc(CF)c1. The van der Waals surface area contributed by atoms with Crippen LogP contribution in [0.25, 0.3) is 0 Å². The van der Waals surface area contributed by atoms with E-state index in [4.69, 9.17) is 10.1 Å². The molecule has 2 atom stereocenters. The van der Waals surface area contributed by atoms with E-state index in [1.807, 2.05) is 6.07 Å². The number of alkyl halides is 3. The highest BCUT2D eigenvalue weighted by atomic mass is 19.1. The standard InChI is InChI=1S/C13H13F3N2O/c14-5-10-2-1-3-11(4-10)13(8-15,9-16)19-18-7-12(18)6-17/h1-4,12H,5,7-9H2. The molecule has 0 radical (unpaired) electrons. The monoisotopic (exact) mass is 270 g/mol. The molecule has 0 saturated carbocycles. The van der Waals surface area contributed by atoms with E-state index in [-0.39, 0.29) is 5.56 Å². The molecule has 1 aliphatic heterocycles. The van der Waals surface area contributed by atoms with Gasteiger partial charge in [-0.1, -0.05) is 24.3 Å². The molecule has 1 heterocycles. The fourth-order valence-electron chi connectivity index (χ4n) is 1.78. The fourth-order valence-corrected chi connectivity index (χ4v) is 1.78. The third kappa shape index (κ3) is 2.72. The topological polar surface area (TPSA) is 36.0 Å². The van der Waals surface area contributed by atoms with Gasteiger partial charge in [-0.25, -0.2) is 13.2 Å². The van der Waals surface area contributed by atoms with Crippen LogP contribution in [-0.4, -0.2) is 31.0 Å². The Labute approximate surface area is 109 Å². The van der Waals surface area contributed by atoms with Gasteiger partial charge in [0, 0.05) is 0 Å². The molecule has 0 aliphatic carbocycles. The normalized spacial score (nSPS) is 22.0. The summed E-state index contributed by atoms with van der Waals surface area (Å²) in [6, 6.07) is 7.38. The smallest absolute Gasteiger partial charge is 0.171 e. The van der Waals surface area contributed by atoms with Gasteiger partial charge in [0.15, 0.2) is 5.60 Å². The third-order valence-corrected chi connectivity index (χ3v) is 3.05. The minimum atomic E-state index is -1.79. The second kappa shape index (κ2) is 5.59. The number of nitriles is 1. The molecule has 0 bridgehead atoms. The van der Waals surface area contributed by atoms with Gasteiger partial charge in [-0.05, 0) is 11.1 Å². The number of hydroxylamine groups is 2. The summed E-state index contributed by atoms with van der Waals surface area (Å²) < 4.78 is 39.2. The summed E-state index contributed by atoms with van der Waals surface area (Å²) in [5, 5.41) is 9.89. The van der Waals surface area contributed by atoms with Gasteiger partial charge in [-0.15, -0.1) is 0 Å². The van der Waals surface area contributed by atoms with Crippen LogP contribution < -0.4 is 0 Å². The number of hydrogen-bond acceptors (Lipinski definition) is 3. The second-order valence-electron chi connectivity index (χ2n) is 4.43. The highest BCUT2D eigenvalue weighted by molar-refractivity contribution is 5.29. The number of rotatable bonds is 6. The molecule has 3 nitrogen and oxygen atoms in total. The van der Waals surface area contributed by atoms with Crippen molar-refractivity contribution in [1.29, 1.82) is 5.26 Å². The van der Waals surface area contributed by atoms with E-state index in [9.17, 15) is 13.2 Å². The predicted molar refractivity (Wildman–Crippen MR) is 62.1 cm³/mol. The molecular formula is C13H13F3N2O. The van der Waals surface area contributed by atoms with Crippen LogP contribution in [0.4, 0.5) is 13.2 Å². The third-order valence-electron chi connectivity index (χ3n) is 3.05. The Morgan fingerprint density at radius 1 is 1.37 bits per heavy atom. The Kier molecular flexibility index (Phi) is 4.08. The molecule has 1 aromatic carbocycles. The van der Waals surface area contributed by atoms with E-state index < -0.39 is 31.7 Å². The lowest BCUT2D eigenvalue weighted by Gasteiger charge is -2.28. The number of benzene rings is 1. The van der Waals surface area contributed by atoms with E-state index >= 15 is 0 Å². The zero-order valence-corrected chi connectivity index (χ0v) is 10.2. The summed E-state index contributed by atoms with van der Waals surface area (Å²) in [7, 11) is 0. The summed E-state index contributed by atoms with van der Waals surface area (Å²) in [5.74, 6) is 0. The zero-order valence-electron chi connectivity index (χ0n) is 10.2. The van der Waals surface area contributed by atoms with Gasteiger partial charge in [0.25, 0.3) is 0 Å². The number of nitrogens with zero attached hydrogens (tertiary/aromatic N) is 2. The van der Waals surface area contributed by atoms with Crippen molar-refractivity contribution < 1.29 is 18.0 Å². The predicted octanol–water partition coefficient (Wildman–Crippen LogP) is 2.43. The van der Waals surface area contributed by atoms with Crippen molar-refractivity contribution in [3.05, 3.63) is 35.4 Å². The molecule has 0 spiro atoms. The van der Waals surface area contributed by atoms with E-state index in [0.29, 0.717) is 12.1 Å². The van der Waals surface area contributed by atoms with Crippen molar-refractivity contribution in [2.24, 2.45) is 0 Å². The highest BCUT2D eigenvalue weighted by Gasteiger charge is 2.45. The summed E-state index contributed by atoms with van der Waals surface area (Å²) in [6.07, 6.45) is 0. The second-order valence-corrected chi connectivity index (χ2v) is 4.43. The van der Waals surface area contributed by atoms with E-state index in [1.165, 1.54) is 29.3 Å². The van der Waals surface area contributed by atoms with E-state index in [2.05, 4.69) is 0 Å². The average Bonchev–Trinajstić information content (AvgIpc) is 3.23. The van der Waals surface area contributed by atoms with E-state index in [1.54, 1.807) is 0 Å². The molecule has 1 saturated heterocycles. The van der Waals surface area contributed by atoms with Gasteiger partial charge in [0.2, 0.25) is 0 Å². The molecule has 1 fully saturated rings. The molecule has 19 heavy (non-hydrogen) atoms. The molecule has 6 heteroatoms. The van der Waals surface area contributed by atoms with E-state index in [0.717, 1.165) is 0 Å². The van der Waals surface area contributed by atoms with Crippen LogP contribution >= 0.6 is 0 Å². The highest BCUT2D eigenvalue weighted by Crippen LogP contribution is 2.33. The van der Waals surface area contributed by atoms with Crippen LogP contribution in [0, 0.1) is 11.3 Å². The van der Waals surface area contributed by atoms with Crippen molar-refractivity contribution in [2.45, 2.75) is 18.3 Å². The fraction of sp³-hybridized carbons (Fsp3) is 0.462. The summed E-state index contributed by atoms with van der Waals surface area (Å²) in [5.41, 5.74) is -1.23. The first-order valence-electron chi connectivity index (χ1n) is 5.82. The number of hydrogen-bond donors (Lipinski definition) is 0. The molecule has 2 unspecified atom stereocenters. The van der Waals surface area contributed by atoms with Crippen LogP contribution in [0.2, 0.25) is 0 Å². The number of halogens is 3. The van der Waals surface area contributed by atoms with Crippen molar-refractivity contribution in [2.75, 3.05) is 19.9 Å². The van der Waals surface area contributed by atoms with Crippen LogP contribution in [-0.2, 0) is 17.1 Å². The van der Waals surface area contributed by atoms with Gasteiger partial charge in [0.05, 0.1) is 12.6 Å². The zero-order chi connectivity index (χ0) is 13.9. The Balaban J connectivity index is 2.25. The van der Waals surface area contributed by atoms with Crippen molar-refractivity contribution in [1.82, 2.24) is 5.06 Å². The lowest BCUT2D eigenvalue weighted by Crippen LogP contribution is -2.37. The molecule has 0 amide bonds. The summed E-state index contributed by atoms with van der Waals surface area (Å²) in [4.78, 5) is 5.27. The average molecular weight is 270 g/mol. The first-order chi connectivity index (χ1) is 9.19. The van der Waals surface area contributed by atoms with Gasteiger partial charge < -0.3 is 0 Å². The minimum absolute atomic E-state index is 0.233. The maximum Gasteiger partial charge on any atom is 0.171 e. The molecule has 0 N–H and O–H groups in total. The van der Waals surface area contributed by atoms with Crippen LogP contribution in [0.15, 0.2) is 24.3 Å². The first kappa shape index (κ1) is 13.8. The lowest BCUT2D eigenvalue weighted by atomic mass is 9.95. The molecule has 1 aliphatic rings. The largest absolute Gasteiger partial charge is 0.281 e. The Hall–Kier alpha value is -1.58. The van der Waals surface area contributed by atoms with Gasteiger partial charge in [0.1, 0.15) is 26.1 Å². The van der Waals surface area contributed by atoms with Crippen molar-refractivity contribution in [3.63, 3.8) is 0 Å². The van der Waals surface area contributed by atoms with Gasteiger partial charge >= 0.3 is 0 Å². The Morgan fingerprint density at radius 2 is 2.11 bits per heavy atom. The minimum Gasteiger partial charge on any atom is -0.281 e. The van der Waals surface area contributed by atoms with Crippen LogP contribution in [0.3, 0.4) is 0 Å². The van der Waals surface area contributed by atoms with Crippen LogP contribution in [0.5, 0.6) is 0 Å². The summed E-state index contributed by atoms with van der Waals surface area (Å²) >= 11 is 0. The molecule has 2 rings (SSSR count). The maximum atomic E-state index is 13.3. The van der Waals surface area contributed by atoms with Gasteiger partial charge in [-0.2, -0.15) is 10.3 Å². The molecule has 0 aromatic heterocycles. The Bertz CT molecular complexity index is 485. The van der Waals surface area contributed by atoms with Crippen LogP contribution in [0.1, 0.15) is 11.1 Å². The molecule has 1 aromatic rings.